The van der Waals surface area contributed by atoms with Crippen molar-refractivity contribution in [3.63, 3.8) is 0 Å². The molecule has 0 aromatic rings. The van der Waals surface area contributed by atoms with E-state index in [1.54, 1.807) is 0 Å². The zero-order valence-corrected chi connectivity index (χ0v) is 12.1. The third-order valence-corrected chi connectivity index (χ3v) is 3.47. The Kier molecular flexibility index (Phi) is 4.45. The highest BCUT2D eigenvalue weighted by Crippen LogP contribution is 2.28. The lowest BCUT2D eigenvalue weighted by Crippen LogP contribution is -2.45. The van der Waals surface area contributed by atoms with Crippen molar-refractivity contribution in [3.8, 4) is 0 Å². The molecule has 18 heavy (non-hydrogen) atoms. The Morgan fingerprint density at radius 2 is 1.89 bits per heavy atom. The van der Waals surface area contributed by atoms with Gasteiger partial charge in [-0.3, -0.25) is 9.89 Å². The Balaban J connectivity index is 1.85. The Hall–Kier alpha value is -0.810. The smallest absolute Gasteiger partial charge is 0.195 e. The van der Waals surface area contributed by atoms with Crippen LogP contribution in [0.4, 0.5) is 0 Å². The second-order valence-corrected chi connectivity index (χ2v) is 5.65. The molecular formula is C13H26N4O. The Bertz CT molecular complexity index is 289. The van der Waals surface area contributed by atoms with E-state index in [0.29, 0.717) is 0 Å². The summed E-state index contributed by atoms with van der Waals surface area (Å²) >= 11 is 0. The average molecular weight is 254 g/mol. The summed E-state index contributed by atoms with van der Waals surface area (Å²) in [5, 5.41) is 0. The summed E-state index contributed by atoms with van der Waals surface area (Å²) in [6.07, 6.45) is 3.00. The molecule has 2 aliphatic rings. The number of aliphatic imine (C=N–C) groups is 1. The van der Waals surface area contributed by atoms with E-state index in [1.165, 1.54) is 12.8 Å². The second-order valence-electron chi connectivity index (χ2n) is 5.65. The first kappa shape index (κ1) is 13.6. The van der Waals surface area contributed by atoms with Gasteiger partial charge in [0.1, 0.15) is 0 Å². The topological polar surface area (TPSA) is 31.3 Å². The van der Waals surface area contributed by atoms with Gasteiger partial charge in [-0.2, -0.15) is 0 Å². The van der Waals surface area contributed by atoms with Crippen molar-refractivity contribution in [1.29, 1.82) is 0 Å². The maximum Gasteiger partial charge on any atom is 0.195 e. The molecule has 5 heteroatoms. The molecule has 2 rings (SSSR count). The van der Waals surface area contributed by atoms with Gasteiger partial charge in [-0.25, -0.2) is 0 Å². The van der Waals surface area contributed by atoms with Crippen molar-refractivity contribution in [2.24, 2.45) is 4.99 Å². The van der Waals surface area contributed by atoms with Gasteiger partial charge in [0.15, 0.2) is 5.96 Å². The molecule has 0 N–H and O–H groups in total. The van der Waals surface area contributed by atoms with Crippen molar-refractivity contribution in [3.05, 3.63) is 0 Å². The van der Waals surface area contributed by atoms with Crippen molar-refractivity contribution in [2.75, 3.05) is 54.4 Å². The molecule has 0 amide bonds. The summed E-state index contributed by atoms with van der Waals surface area (Å²) in [6.45, 7) is 3.76. The van der Waals surface area contributed by atoms with Crippen LogP contribution in [-0.4, -0.2) is 87.2 Å². The van der Waals surface area contributed by atoms with Gasteiger partial charge in [0, 0.05) is 47.3 Å². The minimum atomic E-state index is 0.259. The number of ether oxygens (including phenoxy) is 1. The normalized spacial score (nSPS) is 24.8. The number of morpholine rings is 1. The molecule has 1 aliphatic heterocycles. The zero-order valence-electron chi connectivity index (χ0n) is 12.1. The number of hydrogen-bond acceptors (Lipinski definition) is 3. The van der Waals surface area contributed by atoms with Gasteiger partial charge in [0.25, 0.3) is 0 Å². The maximum absolute atomic E-state index is 5.81. The second kappa shape index (κ2) is 5.89. The predicted octanol–water partition coefficient (Wildman–Crippen LogP) is 0.329. The fourth-order valence-corrected chi connectivity index (χ4v) is 2.49. The molecule has 1 saturated heterocycles. The van der Waals surface area contributed by atoms with Crippen LogP contribution in [0.3, 0.4) is 0 Å². The van der Waals surface area contributed by atoms with Gasteiger partial charge in [0.2, 0.25) is 0 Å². The van der Waals surface area contributed by atoms with Crippen molar-refractivity contribution < 1.29 is 4.74 Å². The summed E-state index contributed by atoms with van der Waals surface area (Å²) in [5.74, 6) is 1.00. The summed E-state index contributed by atoms with van der Waals surface area (Å²) in [6, 6.07) is 0.836. The summed E-state index contributed by atoms with van der Waals surface area (Å²) in [4.78, 5) is 11.3. The van der Waals surface area contributed by atoms with Crippen LogP contribution >= 0.6 is 0 Å². The van der Waals surface area contributed by atoms with E-state index in [4.69, 9.17) is 4.74 Å². The number of guanidine groups is 1. The van der Waals surface area contributed by atoms with Crippen LogP contribution < -0.4 is 0 Å². The van der Waals surface area contributed by atoms with Crippen LogP contribution in [0.25, 0.3) is 0 Å². The first-order valence-corrected chi connectivity index (χ1v) is 6.82. The molecule has 0 spiro atoms. The van der Waals surface area contributed by atoms with E-state index in [0.717, 1.165) is 38.2 Å². The monoisotopic (exact) mass is 254 g/mol. The standard InChI is InChI=1S/C13H26N4O/c1-15(2)13(16(3)4)14-9-12-10-17(7-8-18-12)11-5-6-11/h11-12H,5-10H2,1-4H3. The third kappa shape index (κ3) is 3.59. The number of hydrogen-bond donors (Lipinski definition) is 0. The molecule has 1 unspecified atom stereocenters. The van der Waals surface area contributed by atoms with Crippen LogP contribution in [0.5, 0.6) is 0 Å². The minimum Gasteiger partial charge on any atom is -0.374 e. The number of nitrogens with zero attached hydrogens (tertiary/aromatic N) is 4. The lowest BCUT2D eigenvalue weighted by molar-refractivity contribution is -0.0260. The molecule has 1 aliphatic carbocycles. The fraction of sp³-hybridized carbons (Fsp3) is 0.923. The van der Waals surface area contributed by atoms with Crippen LogP contribution in [0, 0.1) is 0 Å². The van der Waals surface area contributed by atoms with Gasteiger partial charge >= 0.3 is 0 Å². The van der Waals surface area contributed by atoms with Gasteiger partial charge in [-0.1, -0.05) is 0 Å². The first-order chi connectivity index (χ1) is 8.58. The van der Waals surface area contributed by atoms with Gasteiger partial charge in [-0.05, 0) is 12.8 Å². The van der Waals surface area contributed by atoms with E-state index in [9.17, 15) is 0 Å². The van der Waals surface area contributed by atoms with Crippen LogP contribution in [0.1, 0.15) is 12.8 Å². The Morgan fingerprint density at radius 3 is 2.44 bits per heavy atom. The van der Waals surface area contributed by atoms with Gasteiger partial charge in [-0.15, -0.1) is 0 Å². The largest absolute Gasteiger partial charge is 0.374 e. The molecule has 104 valence electrons. The Labute approximate surface area is 110 Å². The summed E-state index contributed by atoms with van der Waals surface area (Å²) < 4.78 is 5.81. The molecule has 0 aromatic heterocycles. The fourth-order valence-electron chi connectivity index (χ4n) is 2.49. The van der Waals surface area contributed by atoms with E-state index < -0.39 is 0 Å². The molecule has 1 saturated carbocycles. The van der Waals surface area contributed by atoms with E-state index in [1.807, 2.05) is 38.0 Å². The van der Waals surface area contributed by atoms with E-state index in [2.05, 4.69) is 9.89 Å². The van der Waals surface area contributed by atoms with Crippen LogP contribution in [0.2, 0.25) is 0 Å². The first-order valence-electron chi connectivity index (χ1n) is 6.82. The molecule has 0 aromatic carbocycles. The van der Waals surface area contributed by atoms with E-state index in [-0.39, 0.29) is 6.10 Å². The molecule has 1 heterocycles. The van der Waals surface area contributed by atoms with Crippen molar-refractivity contribution >= 4 is 5.96 Å². The zero-order chi connectivity index (χ0) is 13.1. The van der Waals surface area contributed by atoms with Gasteiger partial charge < -0.3 is 14.5 Å². The molecule has 0 bridgehead atoms. The molecule has 5 nitrogen and oxygen atoms in total. The average Bonchev–Trinajstić information content (AvgIpc) is 3.12. The highest BCUT2D eigenvalue weighted by molar-refractivity contribution is 5.79. The molecular weight excluding hydrogens is 228 g/mol. The highest BCUT2D eigenvalue weighted by atomic mass is 16.5. The summed E-state index contributed by atoms with van der Waals surface area (Å²) in [5.41, 5.74) is 0. The van der Waals surface area contributed by atoms with Crippen LogP contribution in [0.15, 0.2) is 4.99 Å². The third-order valence-electron chi connectivity index (χ3n) is 3.47. The van der Waals surface area contributed by atoms with Crippen LogP contribution in [-0.2, 0) is 4.74 Å². The van der Waals surface area contributed by atoms with Crippen molar-refractivity contribution in [2.45, 2.75) is 25.0 Å². The van der Waals surface area contributed by atoms with E-state index >= 15 is 0 Å². The lowest BCUT2D eigenvalue weighted by atomic mass is 10.2. The van der Waals surface area contributed by atoms with Crippen molar-refractivity contribution in [1.82, 2.24) is 14.7 Å². The molecule has 0 radical (unpaired) electrons. The van der Waals surface area contributed by atoms with Gasteiger partial charge in [0.05, 0.1) is 19.3 Å². The predicted molar refractivity (Wildman–Crippen MR) is 74.0 cm³/mol. The Morgan fingerprint density at radius 1 is 1.22 bits per heavy atom. The maximum atomic E-state index is 5.81. The molecule has 2 fully saturated rings. The summed E-state index contributed by atoms with van der Waals surface area (Å²) in [7, 11) is 8.10. The minimum absolute atomic E-state index is 0.259. The highest BCUT2D eigenvalue weighted by Gasteiger charge is 2.32. The lowest BCUT2D eigenvalue weighted by Gasteiger charge is -2.32. The SMILES string of the molecule is CN(C)C(=NCC1CN(C2CC2)CCO1)N(C)C. The molecule has 1 atom stereocenters. The quantitative estimate of drug-likeness (QED) is 0.536. The number of rotatable bonds is 3.